The molecule has 0 aliphatic carbocycles. The number of benzene rings is 1. The number of aliphatic hydroxyl groups is 1. The van der Waals surface area contributed by atoms with Crippen LogP contribution >= 0.6 is 0 Å². The summed E-state index contributed by atoms with van der Waals surface area (Å²) in [4.78, 5) is 38.0. The summed E-state index contributed by atoms with van der Waals surface area (Å²) in [5, 5.41) is 25.5. The van der Waals surface area contributed by atoms with Gasteiger partial charge >= 0.3 is 0 Å². The van der Waals surface area contributed by atoms with Gasteiger partial charge in [0.25, 0.3) is 12.4 Å². The van der Waals surface area contributed by atoms with Crippen LogP contribution in [0.3, 0.4) is 0 Å². The lowest BCUT2D eigenvalue weighted by Crippen LogP contribution is -2.52. The lowest BCUT2D eigenvalue weighted by molar-refractivity contribution is -0.138. The van der Waals surface area contributed by atoms with E-state index < -0.39 is 0 Å². The van der Waals surface area contributed by atoms with Crippen LogP contribution in [0.2, 0.25) is 0 Å². The Hall–Kier alpha value is -3.24. The minimum absolute atomic E-state index is 0.112. The molecule has 1 unspecified atom stereocenters. The first kappa shape index (κ1) is 23.4. The van der Waals surface area contributed by atoms with E-state index in [0.29, 0.717) is 25.2 Å². The fourth-order valence-electron chi connectivity index (χ4n) is 4.31. The van der Waals surface area contributed by atoms with Crippen LogP contribution in [0.25, 0.3) is 0 Å². The summed E-state index contributed by atoms with van der Waals surface area (Å²) in [6, 6.07) is 8.17. The number of aromatic nitrogens is 2. The minimum atomic E-state index is -0.294. The highest BCUT2D eigenvalue weighted by atomic mass is 16.3. The number of H-pyrrole nitrogens is 1. The van der Waals surface area contributed by atoms with Gasteiger partial charge in [0.1, 0.15) is 0 Å². The number of carboxylic acid groups (broad SMARTS) is 1. The van der Waals surface area contributed by atoms with Gasteiger partial charge < -0.3 is 20.4 Å². The topological polar surface area (TPSA) is 139 Å². The van der Waals surface area contributed by atoms with Gasteiger partial charge in [-0.1, -0.05) is 31.2 Å². The molecule has 32 heavy (non-hydrogen) atoms. The summed E-state index contributed by atoms with van der Waals surface area (Å²) < 4.78 is 0. The number of amides is 2. The quantitative estimate of drug-likeness (QED) is 0.483. The third-order valence-electron chi connectivity index (χ3n) is 5.89. The second-order valence-electron chi connectivity index (χ2n) is 7.68. The largest absolute Gasteiger partial charge is 0.483 e. The molecule has 1 aromatic heterocycles. The number of likely N-dealkylation sites (N-methyl/N-ethyl adjacent to an activating group) is 1. The molecule has 2 amide bonds. The SMILES string of the molecule is CCN1Cc2ccccc2CC1C(=O)N1CCc2c(C(=O)NCCO)n[nH]c2C1.O=CO. The zero-order valence-corrected chi connectivity index (χ0v) is 18.1. The summed E-state index contributed by atoms with van der Waals surface area (Å²) in [5.41, 5.74) is 4.59. The van der Waals surface area contributed by atoms with Crippen LogP contribution in [0, 0.1) is 0 Å². The molecule has 10 nitrogen and oxygen atoms in total. The van der Waals surface area contributed by atoms with Gasteiger partial charge in [0.05, 0.1) is 24.9 Å². The second-order valence-corrected chi connectivity index (χ2v) is 7.68. The predicted molar refractivity (Wildman–Crippen MR) is 116 cm³/mol. The van der Waals surface area contributed by atoms with Gasteiger partial charge in [-0.15, -0.1) is 0 Å². The number of carbonyl (C=O) groups excluding carboxylic acids is 2. The highest BCUT2D eigenvalue weighted by molar-refractivity contribution is 5.94. The lowest BCUT2D eigenvalue weighted by Gasteiger charge is -2.39. The molecule has 2 aliphatic heterocycles. The molecular formula is C22H29N5O5. The average molecular weight is 444 g/mol. The van der Waals surface area contributed by atoms with Crippen molar-refractivity contribution in [2.75, 3.05) is 26.2 Å². The normalized spacial score (nSPS) is 17.4. The van der Waals surface area contributed by atoms with E-state index in [1.807, 2.05) is 17.0 Å². The number of carbonyl (C=O) groups is 3. The van der Waals surface area contributed by atoms with Gasteiger partial charge in [-0.3, -0.25) is 24.4 Å². The van der Waals surface area contributed by atoms with Crippen molar-refractivity contribution in [3.05, 3.63) is 52.3 Å². The maximum atomic E-state index is 13.4. The number of hydrogen-bond donors (Lipinski definition) is 4. The average Bonchev–Trinajstić information content (AvgIpc) is 3.25. The number of nitrogens with one attached hydrogen (secondary N) is 2. The molecule has 1 aromatic carbocycles. The summed E-state index contributed by atoms with van der Waals surface area (Å²) in [7, 11) is 0. The van der Waals surface area contributed by atoms with Crippen molar-refractivity contribution in [1.82, 2.24) is 25.3 Å². The van der Waals surface area contributed by atoms with E-state index in [0.717, 1.165) is 30.8 Å². The third kappa shape index (κ3) is 4.97. The van der Waals surface area contributed by atoms with Crippen molar-refractivity contribution in [1.29, 1.82) is 0 Å². The smallest absolute Gasteiger partial charge is 0.290 e. The first-order valence-electron chi connectivity index (χ1n) is 10.7. The fraction of sp³-hybridized carbons (Fsp3) is 0.455. The molecular weight excluding hydrogens is 414 g/mol. The van der Waals surface area contributed by atoms with Crippen molar-refractivity contribution in [2.45, 2.75) is 38.9 Å². The molecule has 0 fully saturated rings. The minimum Gasteiger partial charge on any atom is -0.483 e. The Bertz CT molecular complexity index is 960. The maximum absolute atomic E-state index is 13.4. The van der Waals surface area contributed by atoms with Gasteiger partial charge in [0.15, 0.2) is 5.69 Å². The van der Waals surface area contributed by atoms with Crippen molar-refractivity contribution < 1.29 is 24.6 Å². The molecule has 4 rings (SSSR count). The number of aromatic amines is 1. The van der Waals surface area contributed by atoms with Gasteiger partial charge in [0.2, 0.25) is 5.91 Å². The summed E-state index contributed by atoms with van der Waals surface area (Å²) in [6.45, 7) is 4.55. The third-order valence-corrected chi connectivity index (χ3v) is 5.89. The Morgan fingerprint density at radius 2 is 2.00 bits per heavy atom. The summed E-state index contributed by atoms with van der Waals surface area (Å²) in [6.07, 6.45) is 1.32. The van der Waals surface area contributed by atoms with Gasteiger partial charge in [-0.25, -0.2) is 0 Å². The van der Waals surface area contributed by atoms with E-state index in [-0.39, 0.29) is 37.5 Å². The standard InChI is InChI=1S/C21H27N5O3.CH2O2/c1-2-25-12-15-6-4-3-5-14(15)11-18(25)21(29)26-9-7-16-17(13-26)23-24-19(16)20(28)22-8-10-27;2-1-3/h3-6,18,27H,2,7-13H2,1H3,(H,22,28)(H,23,24);1H,(H,2,3). The van der Waals surface area contributed by atoms with Crippen LogP contribution in [-0.4, -0.2) is 80.8 Å². The molecule has 0 bridgehead atoms. The van der Waals surface area contributed by atoms with Crippen LogP contribution in [-0.2, 0) is 35.5 Å². The summed E-state index contributed by atoms with van der Waals surface area (Å²) >= 11 is 0. The van der Waals surface area contributed by atoms with Gasteiger partial charge in [-0.2, -0.15) is 5.10 Å². The van der Waals surface area contributed by atoms with Crippen molar-refractivity contribution in [3.8, 4) is 0 Å². The van der Waals surface area contributed by atoms with E-state index in [1.165, 1.54) is 11.1 Å². The first-order valence-corrected chi connectivity index (χ1v) is 10.7. The highest BCUT2D eigenvalue weighted by Crippen LogP contribution is 2.27. The van der Waals surface area contributed by atoms with Crippen LogP contribution in [0.1, 0.15) is 39.8 Å². The molecule has 0 spiro atoms. The molecule has 10 heteroatoms. The number of nitrogens with zero attached hydrogens (tertiary/aromatic N) is 3. The Balaban J connectivity index is 0.000000913. The van der Waals surface area contributed by atoms with Crippen molar-refractivity contribution in [2.24, 2.45) is 0 Å². The van der Waals surface area contributed by atoms with E-state index in [9.17, 15) is 9.59 Å². The zero-order valence-electron chi connectivity index (χ0n) is 18.1. The monoisotopic (exact) mass is 443 g/mol. The molecule has 1 atom stereocenters. The number of fused-ring (bicyclic) bond motifs is 2. The summed E-state index contributed by atoms with van der Waals surface area (Å²) in [5.74, 6) is -0.162. The van der Waals surface area contributed by atoms with Crippen molar-refractivity contribution in [3.63, 3.8) is 0 Å². The lowest BCUT2D eigenvalue weighted by atomic mass is 9.92. The van der Waals surface area contributed by atoms with Crippen LogP contribution in [0.4, 0.5) is 0 Å². The molecule has 2 aromatic rings. The zero-order chi connectivity index (χ0) is 23.1. The Morgan fingerprint density at radius 1 is 1.28 bits per heavy atom. The molecule has 0 saturated carbocycles. The van der Waals surface area contributed by atoms with E-state index in [1.54, 1.807) is 0 Å². The molecule has 172 valence electrons. The predicted octanol–water partition coefficient (Wildman–Crippen LogP) is 0.164. The molecule has 0 radical (unpaired) electrons. The van der Waals surface area contributed by atoms with Gasteiger partial charge in [0, 0.05) is 25.2 Å². The van der Waals surface area contributed by atoms with Crippen LogP contribution < -0.4 is 5.32 Å². The molecule has 3 heterocycles. The molecule has 2 aliphatic rings. The Morgan fingerprint density at radius 3 is 2.69 bits per heavy atom. The Labute approximate surface area is 186 Å². The second kappa shape index (κ2) is 10.9. The fourth-order valence-corrected chi connectivity index (χ4v) is 4.31. The Kier molecular flexibility index (Phi) is 7.96. The maximum Gasteiger partial charge on any atom is 0.290 e. The molecule has 4 N–H and O–H groups in total. The number of hydrogen-bond acceptors (Lipinski definition) is 6. The van der Waals surface area contributed by atoms with Crippen molar-refractivity contribution >= 4 is 18.3 Å². The molecule has 0 saturated heterocycles. The first-order chi connectivity index (χ1) is 15.5. The van der Waals surface area contributed by atoms with Crippen LogP contribution in [0.5, 0.6) is 0 Å². The van der Waals surface area contributed by atoms with Gasteiger partial charge in [-0.05, 0) is 30.5 Å². The number of aliphatic hydroxyl groups excluding tert-OH is 1. The van der Waals surface area contributed by atoms with Crippen LogP contribution in [0.15, 0.2) is 24.3 Å². The van der Waals surface area contributed by atoms with E-state index in [2.05, 4.69) is 39.5 Å². The number of rotatable bonds is 5. The van der Waals surface area contributed by atoms with E-state index in [4.69, 9.17) is 15.0 Å². The van der Waals surface area contributed by atoms with E-state index >= 15 is 0 Å². The highest BCUT2D eigenvalue weighted by Gasteiger charge is 2.35.